The van der Waals surface area contributed by atoms with Crippen LogP contribution in [0, 0.1) is 0 Å². The third-order valence-electron chi connectivity index (χ3n) is 5.00. The summed E-state index contributed by atoms with van der Waals surface area (Å²) >= 11 is 12.1. The summed E-state index contributed by atoms with van der Waals surface area (Å²) in [6, 6.07) is 13.4. The third-order valence-corrected chi connectivity index (χ3v) is 5.62. The third kappa shape index (κ3) is 2.12. The topological polar surface area (TPSA) is 0 Å². The van der Waals surface area contributed by atoms with Crippen molar-refractivity contribution in [2.75, 3.05) is 0 Å². The molecule has 2 heteroatoms. The summed E-state index contributed by atoms with van der Waals surface area (Å²) in [4.78, 5) is 0. The Labute approximate surface area is 137 Å². The SMILES string of the molecule is CCC1(CC)c2cc(CCl)ccc2-c2ccc(CCl)cc21. The average molecular weight is 319 g/mol. The quantitative estimate of drug-likeness (QED) is 0.584. The minimum Gasteiger partial charge on any atom is -0.122 e. The van der Waals surface area contributed by atoms with E-state index in [0.29, 0.717) is 11.8 Å². The van der Waals surface area contributed by atoms with E-state index in [2.05, 4.69) is 50.2 Å². The number of hydrogen-bond acceptors (Lipinski definition) is 0. The minimum absolute atomic E-state index is 0.106. The summed E-state index contributed by atoms with van der Waals surface area (Å²) in [5, 5.41) is 0. The molecular weight excluding hydrogens is 299 g/mol. The smallest absolute Gasteiger partial charge is 0.0474 e. The van der Waals surface area contributed by atoms with E-state index in [4.69, 9.17) is 23.2 Å². The van der Waals surface area contributed by atoms with E-state index >= 15 is 0 Å². The van der Waals surface area contributed by atoms with Crippen molar-refractivity contribution in [3.63, 3.8) is 0 Å². The van der Waals surface area contributed by atoms with Crippen molar-refractivity contribution in [3.8, 4) is 11.1 Å². The first-order chi connectivity index (χ1) is 10.2. The lowest BCUT2D eigenvalue weighted by Crippen LogP contribution is -2.23. The molecule has 0 aromatic heterocycles. The van der Waals surface area contributed by atoms with E-state index in [9.17, 15) is 0 Å². The molecule has 0 fully saturated rings. The van der Waals surface area contributed by atoms with E-state index in [0.717, 1.165) is 12.8 Å². The molecule has 0 bridgehead atoms. The van der Waals surface area contributed by atoms with Crippen LogP contribution < -0.4 is 0 Å². The van der Waals surface area contributed by atoms with Crippen molar-refractivity contribution in [3.05, 3.63) is 58.7 Å². The molecule has 0 spiro atoms. The Kier molecular flexibility index (Phi) is 4.03. The van der Waals surface area contributed by atoms with E-state index in [1.54, 1.807) is 0 Å². The fraction of sp³-hybridized carbons (Fsp3) is 0.368. The summed E-state index contributed by atoms with van der Waals surface area (Å²) < 4.78 is 0. The molecule has 0 unspecified atom stereocenters. The van der Waals surface area contributed by atoms with Crippen molar-refractivity contribution in [2.24, 2.45) is 0 Å². The lowest BCUT2D eigenvalue weighted by Gasteiger charge is -2.30. The first-order valence-corrected chi connectivity index (χ1v) is 8.66. The Hall–Kier alpha value is -0.980. The van der Waals surface area contributed by atoms with Gasteiger partial charge in [-0.1, -0.05) is 50.2 Å². The number of halogens is 2. The predicted octanol–water partition coefficient (Wildman–Crippen LogP) is 6.25. The van der Waals surface area contributed by atoms with Gasteiger partial charge in [0.05, 0.1) is 0 Å². The van der Waals surface area contributed by atoms with Gasteiger partial charge in [0, 0.05) is 17.2 Å². The molecule has 0 aliphatic heterocycles. The zero-order valence-electron chi connectivity index (χ0n) is 12.5. The fourth-order valence-corrected chi connectivity index (χ4v) is 4.10. The molecule has 110 valence electrons. The maximum atomic E-state index is 6.05. The second-order valence-corrected chi connectivity index (χ2v) is 6.35. The lowest BCUT2D eigenvalue weighted by atomic mass is 9.73. The largest absolute Gasteiger partial charge is 0.122 e. The summed E-state index contributed by atoms with van der Waals surface area (Å²) in [6.07, 6.45) is 2.20. The molecule has 1 aliphatic rings. The van der Waals surface area contributed by atoms with Gasteiger partial charge in [-0.3, -0.25) is 0 Å². The molecule has 3 rings (SSSR count). The van der Waals surface area contributed by atoms with Crippen LogP contribution in [0.15, 0.2) is 36.4 Å². The second-order valence-electron chi connectivity index (χ2n) is 5.82. The summed E-state index contributed by atoms with van der Waals surface area (Å²) in [5.74, 6) is 1.14. The highest BCUT2D eigenvalue weighted by Gasteiger charge is 2.40. The van der Waals surface area contributed by atoms with Gasteiger partial charge in [-0.2, -0.15) is 0 Å². The van der Waals surface area contributed by atoms with Gasteiger partial charge in [-0.05, 0) is 46.2 Å². The summed E-state index contributed by atoms with van der Waals surface area (Å²) in [5.41, 5.74) is 8.11. The van der Waals surface area contributed by atoms with Gasteiger partial charge in [-0.25, -0.2) is 0 Å². The Bertz CT molecular complexity index is 614. The van der Waals surface area contributed by atoms with E-state index in [1.165, 1.54) is 33.4 Å². The highest BCUT2D eigenvalue weighted by atomic mass is 35.5. The molecule has 0 N–H and O–H groups in total. The van der Waals surface area contributed by atoms with E-state index in [1.807, 2.05) is 0 Å². The monoisotopic (exact) mass is 318 g/mol. The van der Waals surface area contributed by atoms with Crippen LogP contribution in [0.25, 0.3) is 11.1 Å². The van der Waals surface area contributed by atoms with Crippen molar-refractivity contribution in [1.82, 2.24) is 0 Å². The Balaban J connectivity index is 2.30. The van der Waals surface area contributed by atoms with Gasteiger partial charge in [0.15, 0.2) is 0 Å². The molecule has 0 saturated heterocycles. The summed E-state index contributed by atoms with van der Waals surface area (Å²) in [7, 11) is 0. The normalized spacial score (nSPS) is 14.9. The highest BCUT2D eigenvalue weighted by Crippen LogP contribution is 2.53. The molecule has 0 nitrogen and oxygen atoms in total. The second kappa shape index (κ2) is 5.66. The van der Waals surface area contributed by atoms with Crippen molar-refractivity contribution < 1.29 is 0 Å². The van der Waals surface area contributed by atoms with Crippen molar-refractivity contribution in [2.45, 2.75) is 43.9 Å². The Morgan fingerprint density at radius 3 is 1.52 bits per heavy atom. The number of benzene rings is 2. The van der Waals surface area contributed by atoms with Gasteiger partial charge in [-0.15, -0.1) is 23.2 Å². The van der Waals surface area contributed by atoms with Gasteiger partial charge < -0.3 is 0 Å². The standard InChI is InChI=1S/C19H20Cl2/c1-3-19(4-2)17-9-13(11-20)5-7-15(17)16-8-6-14(12-21)10-18(16)19/h5-10H,3-4,11-12H2,1-2H3. The molecule has 1 aliphatic carbocycles. The number of hydrogen-bond donors (Lipinski definition) is 0. The van der Waals surface area contributed by atoms with Crippen LogP contribution in [-0.4, -0.2) is 0 Å². The molecule has 2 aromatic rings. The van der Waals surface area contributed by atoms with Crippen LogP contribution in [0.2, 0.25) is 0 Å². The highest BCUT2D eigenvalue weighted by molar-refractivity contribution is 6.17. The lowest BCUT2D eigenvalue weighted by molar-refractivity contribution is 0.490. The van der Waals surface area contributed by atoms with Gasteiger partial charge >= 0.3 is 0 Å². The zero-order valence-corrected chi connectivity index (χ0v) is 14.1. The number of rotatable bonds is 4. The van der Waals surface area contributed by atoms with Crippen molar-refractivity contribution >= 4 is 23.2 Å². The summed E-state index contributed by atoms with van der Waals surface area (Å²) in [6.45, 7) is 4.56. The van der Waals surface area contributed by atoms with E-state index < -0.39 is 0 Å². The Morgan fingerprint density at radius 2 is 1.19 bits per heavy atom. The van der Waals surface area contributed by atoms with Gasteiger partial charge in [0.25, 0.3) is 0 Å². The predicted molar refractivity (Wildman–Crippen MR) is 92.4 cm³/mol. The van der Waals surface area contributed by atoms with Crippen LogP contribution >= 0.6 is 23.2 Å². The van der Waals surface area contributed by atoms with Crippen LogP contribution in [0.1, 0.15) is 48.9 Å². The van der Waals surface area contributed by atoms with Crippen LogP contribution in [-0.2, 0) is 17.2 Å². The fourth-order valence-electron chi connectivity index (χ4n) is 3.77. The maximum absolute atomic E-state index is 6.05. The molecule has 0 atom stereocenters. The molecule has 2 aromatic carbocycles. The number of fused-ring (bicyclic) bond motifs is 3. The van der Waals surface area contributed by atoms with Crippen molar-refractivity contribution in [1.29, 1.82) is 0 Å². The van der Waals surface area contributed by atoms with Gasteiger partial charge in [0.2, 0.25) is 0 Å². The zero-order chi connectivity index (χ0) is 15.0. The molecule has 0 amide bonds. The maximum Gasteiger partial charge on any atom is 0.0474 e. The van der Waals surface area contributed by atoms with Crippen LogP contribution in [0.3, 0.4) is 0 Å². The van der Waals surface area contributed by atoms with Crippen LogP contribution in [0.5, 0.6) is 0 Å². The van der Waals surface area contributed by atoms with E-state index in [-0.39, 0.29) is 5.41 Å². The first-order valence-electron chi connectivity index (χ1n) is 7.59. The number of alkyl halides is 2. The first kappa shape index (κ1) is 14.9. The molecule has 0 saturated carbocycles. The molecule has 0 heterocycles. The molecule has 0 radical (unpaired) electrons. The Morgan fingerprint density at radius 1 is 0.762 bits per heavy atom. The molecule has 21 heavy (non-hydrogen) atoms. The molecular formula is C19H20Cl2. The van der Waals surface area contributed by atoms with Crippen LogP contribution in [0.4, 0.5) is 0 Å². The minimum atomic E-state index is 0.106. The average Bonchev–Trinajstić information content (AvgIpc) is 2.83. The van der Waals surface area contributed by atoms with Gasteiger partial charge in [0.1, 0.15) is 0 Å².